The number of nitro groups is 1. The van der Waals surface area contributed by atoms with E-state index in [1.165, 1.54) is 41.5 Å². The average Bonchev–Trinajstić information content (AvgIpc) is 3.16. The Morgan fingerprint density at radius 2 is 1.97 bits per heavy atom. The van der Waals surface area contributed by atoms with Gasteiger partial charge >= 0.3 is 0 Å². The van der Waals surface area contributed by atoms with E-state index in [9.17, 15) is 19.7 Å². The maximum absolute atomic E-state index is 12.7. The number of nitrogens with zero attached hydrogens (tertiary/aromatic N) is 5. The number of nitro benzene ring substituents is 1. The summed E-state index contributed by atoms with van der Waals surface area (Å²) in [5.41, 5.74) is 0.698. The van der Waals surface area contributed by atoms with E-state index >= 15 is 0 Å². The van der Waals surface area contributed by atoms with Crippen LogP contribution < -0.4 is 10.9 Å². The Balaban J connectivity index is 1.58. The van der Waals surface area contributed by atoms with E-state index in [0.717, 1.165) is 4.57 Å². The molecule has 0 aliphatic heterocycles. The van der Waals surface area contributed by atoms with Crippen molar-refractivity contribution < 1.29 is 9.72 Å². The number of hydrogen-bond donors (Lipinski definition) is 1. The van der Waals surface area contributed by atoms with Crippen molar-refractivity contribution >= 4 is 39.9 Å². The van der Waals surface area contributed by atoms with Gasteiger partial charge in [0, 0.05) is 22.8 Å². The fourth-order valence-electron chi connectivity index (χ4n) is 2.88. The van der Waals surface area contributed by atoms with E-state index in [2.05, 4.69) is 15.4 Å². The fraction of sp³-hybridized carbons (Fsp3) is 0.0526. The molecule has 0 aliphatic rings. The first kappa shape index (κ1) is 19.3. The Kier molecular flexibility index (Phi) is 4.98. The Morgan fingerprint density at radius 3 is 2.70 bits per heavy atom. The lowest BCUT2D eigenvalue weighted by Crippen LogP contribution is -2.27. The molecule has 0 radical (unpaired) electrons. The summed E-state index contributed by atoms with van der Waals surface area (Å²) in [6.07, 6.45) is 2.64. The number of carbonyl (C=O) groups is 1. The minimum Gasteiger partial charge on any atom is -0.324 e. The van der Waals surface area contributed by atoms with Crippen molar-refractivity contribution in [1.29, 1.82) is 0 Å². The Labute approximate surface area is 173 Å². The van der Waals surface area contributed by atoms with Gasteiger partial charge in [0.1, 0.15) is 18.3 Å². The highest BCUT2D eigenvalue weighted by atomic mass is 35.5. The predicted octanol–water partition coefficient (Wildman–Crippen LogP) is 2.78. The van der Waals surface area contributed by atoms with E-state index in [0.29, 0.717) is 16.4 Å². The molecule has 0 fully saturated rings. The normalized spacial score (nSPS) is 10.8. The first-order chi connectivity index (χ1) is 14.4. The number of nitrogens with one attached hydrogen (secondary N) is 1. The van der Waals surface area contributed by atoms with E-state index in [1.54, 1.807) is 24.3 Å². The number of fused-ring (bicyclic) bond motifs is 1. The van der Waals surface area contributed by atoms with Crippen LogP contribution in [0.2, 0.25) is 5.02 Å². The van der Waals surface area contributed by atoms with Crippen LogP contribution in [0.5, 0.6) is 0 Å². The summed E-state index contributed by atoms with van der Waals surface area (Å²) in [6, 6.07) is 12.4. The number of amides is 1. The zero-order valence-electron chi connectivity index (χ0n) is 15.2. The van der Waals surface area contributed by atoms with Crippen molar-refractivity contribution in [1.82, 2.24) is 19.3 Å². The number of rotatable bonds is 5. The molecule has 0 bridgehead atoms. The molecule has 0 spiro atoms. The van der Waals surface area contributed by atoms with Crippen LogP contribution in [-0.2, 0) is 11.3 Å². The van der Waals surface area contributed by atoms with Gasteiger partial charge in [0.25, 0.3) is 11.2 Å². The molecule has 4 aromatic rings. The van der Waals surface area contributed by atoms with Crippen molar-refractivity contribution in [3.63, 3.8) is 0 Å². The second-order valence-corrected chi connectivity index (χ2v) is 6.74. The first-order valence-corrected chi connectivity index (χ1v) is 9.03. The molecule has 2 aromatic carbocycles. The van der Waals surface area contributed by atoms with Gasteiger partial charge in [-0.15, -0.1) is 0 Å². The molecule has 0 saturated heterocycles. The number of benzene rings is 2. The summed E-state index contributed by atoms with van der Waals surface area (Å²) in [7, 11) is 0. The van der Waals surface area contributed by atoms with Crippen molar-refractivity contribution in [2.24, 2.45) is 0 Å². The zero-order valence-corrected chi connectivity index (χ0v) is 16.0. The summed E-state index contributed by atoms with van der Waals surface area (Å²) in [5, 5.41) is 18.4. The SMILES string of the molecule is O=C(Cn1cnc2c(cnn2-c2ccc(Cl)cc2)c1=O)Nc1cccc([N+](=O)[O-])c1. The molecular formula is C19H13ClN6O4. The topological polar surface area (TPSA) is 125 Å². The quantitative estimate of drug-likeness (QED) is 0.388. The molecule has 2 aromatic heterocycles. The average molecular weight is 425 g/mol. The van der Waals surface area contributed by atoms with Gasteiger partial charge in [-0.3, -0.25) is 24.3 Å². The maximum atomic E-state index is 12.7. The number of aromatic nitrogens is 4. The summed E-state index contributed by atoms with van der Waals surface area (Å²) < 4.78 is 2.64. The molecule has 0 atom stereocenters. The lowest BCUT2D eigenvalue weighted by atomic mass is 10.3. The van der Waals surface area contributed by atoms with Crippen molar-refractivity contribution in [3.8, 4) is 5.69 Å². The monoisotopic (exact) mass is 424 g/mol. The van der Waals surface area contributed by atoms with Crippen LogP contribution in [-0.4, -0.2) is 30.2 Å². The van der Waals surface area contributed by atoms with Crippen molar-refractivity contribution in [3.05, 3.63) is 86.5 Å². The van der Waals surface area contributed by atoms with Gasteiger partial charge in [-0.25, -0.2) is 9.67 Å². The highest BCUT2D eigenvalue weighted by molar-refractivity contribution is 6.30. The molecular weight excluding hydrogens is 412 g/mol. The molecule has 2 heterocycles. The highest BCUT2D eigenvalue weighted by Gasteiger charge is 2.14. The summed E-state index contributed by atoms with van der Waals surface area (Å²) >= 11 is 5.90. The molecule has 1 N–H and O–H groups in total. The number of non-ortho nitro benzene ring substituents is 1. The largest absolute Gasteiger partial charge is 0.324 e. The van der Waals surface area contributed by atoms with Gasteiger partial charge in [0.2, 0.25) is 5.91 Å². The molecule has 0 unspecified atom stereocenters. The van der Waals surface area contributed by atoms with Gasteiger partial charge in [0.15, 0.2) is 5.65 Å². The third-order valence-corrected chi connectivity index (χ3v) is 4.53. The first-order valence-electron chi connectivity index (χ1n) is 8.66. The molecule has 1 amide bonds. The minimum absolute atomic E-state index is 0.150. The highest BCUT2D eigenvalue weighted by Crippen LogP contribution is 2.18. The Bertz CT molecular complexity index is 1330. The van der Waals surface area contributed by atoms with Gasteiger partial charge < -0.3 is 5.32 Å². The summed E-state index contributed by atoms with van der Waals surface area (Å²) in [6.45, 7) is -0.309. The van der Waals surface area contributed by atoms with Crippen molar-refractivity contribution in [2.45, 2.75) is 6.54 Å². The number of halogens is 1. The van der Waals surface area contributed by atoms with E-state index in [4.69, 9.17) is 11.6 Å². The fourth-order valence-corrected chi connectivity index (χ4v) is 3.01. The van der Waals surface area contributed by atoms with Crippen LogP contribution in [0.25, 0.3) is 16.7 Å². The number of anilines is 1. The van der Waals surface area contributed by atoms with Crippen LogP contribution in [0.4, 0.5) is 11.4 Å². The van der Waals surface area contributed by atoms with Gasteiger partial charge in [-0.05, 0) is 30.3 Å². The lowest BCUT2D eigenvalue weighted by Gasteiger charge is -2.08. The minimum atomic E-state index is -0.559. The third-order valence-electron chi connectivity index (χ3n) is 4.28. The summed E-state index contributed by atoms with van der Waals surface area (Å²) in [5.74, 6) is -0.524. The second kappa shape index (κ2) is 7.76. The van der Waals surface area contributed by atoms with Gasteiger partial charge in [-0.2, -0.15) is 5.10 Å². The molecule has 10 nitrogen and oxygen atoms in total. The second-order valence-electron chi connectivity index (χ2n) is 6.30. The van der Waals surface area contributed by atoms with E-state index < -0.39 is 16.4 Å². The molecule has 11 heteroatoms. The predicted molar refractivity (Wildman–Crippen MR) is 110 cm³/mol. The van der Waals surface area contributed by atoms with Gasteiger partial charge in [-0.1, -0.05) is 17.7 Å². The summed E-state index contributed by atoms with van der Waals surface area (Å²) in [4.78, 5) is 39.6. The zero-order chi connectivity index (χ0) is 21.3. The molecule has 0 saturated carbocycles. The number of hydrogen-bond acceptors (Lipinski definition) is 6. The maximum Gasteiger partial charge on any atom is 0.271 e. The lowest BCUT2D eigenvalue weighted by molar-refractivity contribution is -0.384. The molecule has 0 aliphatic carbocycles. The van der Waals surface area contributed by atoms with Crippen LogP contribution in [0.1, 0.15) is 0 Å². The van der Waals surface area contributed by atoms with Crippen LogP contribution >= 0.6 is 11.6 Å². The smallest absolute Gasteiger partial charge is 0.271 e. The van der Waals surface area contributed by atoms with E-state index in [1.807, 2.05) is 0 Å². The standard InChI is InChI=1S/C19H13ClN6O4/c20-12-4-6-14(7-5-12)25-18-16(9-22-25)19(28)24(11-21-18)10-17(27)23-13-2-1-3-15(8-13)26(29)30/h1-9,11H,10H2,(H,23,27). The van der Waals surface area contributed by atoms with Crippen LogP contribution in [0, 0.1) is 10.1 Å². The van der Waals surface area contributed by atoms with Crippen LogP contribution in [0.15, 0.2) is 65.8 Å². The van der Waals surface area contributed by atoms with Crippen LogP contribution in [0.3, 0.4) is 0 Å². The Hall–Kier alpha value is -4.05. The third kappa shape index (κ3) is 3.76. The Morgan fingerprint density at radius 1 is 1.20 bits per heavy atom. The molecule has 30 heavy (non-hydrogen) atoms. The van der Waals surface area contributed by atoms with Gasteiger partial charge in [0.05, 0.1) is 16.8 Å². The molecule has 4 rings (SSSR count). The number of carbonyl (C=O) groups excluding carboxylic acids is 1. The van der Waals surface area contributed by atoms with E-state index in [-0.39, 0.29) is 23.3 Å². The van der Waals surface area contributed by atoms with Crippen molar-refractivity contribution in [2.75, 3.05) is 5.32 Å². The molecule has 150 valence electrons.